The van der Waals surface area contributed by atoms with E-state index in [1.807, 2.05) is 18.2 Å². The van der Waals surface area contributed by atoms with Crippen molar-refractivity contribution in [3.8, 4) is 11.5 Å². The van der Waals surface area contributed by atoms with E-state index in [1.165, 1.54) is 4.90 Å². The number of anilines is 1. The van der Waals surface area contributed by atoms with Gasteiger partial charge in [-0.05, 0) is 36.1 Å². The number of hydrogen-bond acceptors (Lipinski definition) is 4. The minimum atomic E-state index is 0.167. The molecule has 0 aliphatic carbocycles. The van der Waals surface area contributed by atoms with Gasteiger partial charge in [-0.25, -0.2) is 0 Å². The molecule has 2 aromatic rings. The van der Waals surface area contributed by atoms with Crippen LogP contribution in [0.5, 0.6) is 11.5 Å². The highest BCUT2D eigenvalue weighted by atomic mass is 32.2. The maximum absolute atomic E-state index is 9.73. The predicted molar refractivity (Wildman–Crippen MR) is 80.2 cm³/mol. The Balaban J connectivity index is 2.08. The van der Waals surface area contributed by atoms with E-state index >= 15 is 0 Å². The molecule has 0 bridgehead atoms. The van der Waals surface area contributed by atoms with Crippen LogP contribution < -0.4 is 10.1 Å². The smallest absolute Gasteiger partial charge is 0.160 e. The quantitative estimate of drug-likeness (QED) is 0.816. The van der Waals surface area contributed by atoms with Crippen molar-refractivity contribution in [3.05, 3.63) is 48.0 Å². The summed E-state index contributed by atoms with van der Waals surface area (Å²) in [7, 11) is 1.54. The molecule has 4 heteroatoms. The fourth-order valence-corrected chi connectivity index (χ4v) is 2.41. The van der Waals surface area contributed by atoms with E-state index in [-0.39, 0.29) is 5.75 Å². The highest BCUT2D eigenvalue weighted by Crippen LogP contribution is 2.28. The third-order valence-electron chi connectivity index (χ3n) is 2.83. The minimum absolute atomic E-state index is 0.167. The van der Waals surface area contributed by atoms with Gasteiger partial charge < -0.3 is 15.2 Å². The first-order chi connectivity index (χ1) is 9.24. The Bertz CT molecular complexity index is 558. The summed E-state index contributed by atoms with van der Waals surface area (Å²) in [6, 6.07) is 13.6. The van der Waals surface area contributed by atoms with E-state index in [9.17, 15) is 5.11 Å². The standard InChI is InChI=1S/C15H17NO2S/c1-18-14-8-7-11(9-13(14)17)10-16-12-5-3-4-6-15(12)19-2/h3-9,16-17H,10H2,1-2H3. The van der Waals surface area contributed by atoms with Crippen molar-refractivity contribution in [2.45, 2.75) is 11.4 Å². The van der Waals surface area contributed by atoms with Gasteiger partial charge in [0, 0.05) is 17.1 Å². The second-order valence-corrected chi connectivity index (χ2v) is 4.91. The van der Waals surface area contributed by atoms with Crippen LogP contribution in [0.3, 0.4) is 0 Å². The summed E-state index contributed by atoms with van der Waals surface area (Å²) < 4.78 is 5.03. The SMILES string of the molecule is COc1ccc(CNc2ccccc2SC)cc1O. The van der Waals surface area contributed by atoms with Crippen molar-refractivity contribution in [1.82, 2.24) is 0 Å². The fraction of sp³-hybridized carbons (Fsp3) is 0.200. The molecular weight excluding hydrogens is 258 g/mol. The molecule has 0 radical (unpaired) electrons. The first-order valence-corrected chi connectivity index (χ1v) is 7.20. The van der Waals surface area contributed by atoms with Gasteiger partial charge in [0.2, 0.25) is 0 Å². The van der Waals surface area contributed by atoms with E-state index in [0.717, 1.165) is 11.3 Å². The van der Waals surface area contributed by atoms with Crippen LogP contribution in [0.2, 0.25) is 0 Å². The van der Waals surface area contributed by atoms with Crippen molar-refractivity contribution in [2.75, 3.05) is 18.7 Å². The lowest BCUT2D eigenvalue weighted by atomic mass is 10.2. The lowest BCUT2D eigenvalue weighted by molar-refractivity contribution is 0.373. The van der Waals surface area contributed by atoms with Gasteiger partial charge in [-0.3, -0.25) is 0 Å². The second-order valence-electron chi connectivity index (χ2n) is 4.06. The summed E-state index contributed by atoms with van der Waals surface area (Å²) in [5, 5.41) is 13.1. The van der Waals surface area contributed by atoms with E-state index in [4.69, 9.17) is 4.74 Å². The molecule has 0 heterocycles. The average Bonchev–Trinajstić information content (AvgIpc) is 2.45. The zero-order chi connectivity index (χ0) is 13.7. The fourth-order valence-electron chi connectivity index (χ4n) is 1.83. The second kappa shape index (κ2) is 6.38. The third-order valence-corrected chi connectivity index (χ3v) is 3.63. The zero-order valence-corrected chi connectivity index (χ0v) is 11.8. The number of phenols is 1. The summed E-state index contributed by atoms with van der Waals surface area (Å²) in [5.41, 5.74) is 2.11. The van der Waals surface area contributed by atoms with Crippen LogP contribution in [0.25, 0.3) is 0 Å². The molecule has 2 rings (SSSR count). The number of rotatable bonds is 5. The number of methoxy groups -OCH3 is 1. The van der Waals surface area contributed by atoms with E-state index in [2.05, 4.69) is 23.7 Å². The molecule has 0 aromatic heterocycles. The highest BCUT2D eigenvalue weighted by Gasteiger charge is 2.04. The maximum atomic E-state index is 9.73. The van der Waals surface area contributed by atoms with E-state index in [0.29, 0.717) is 12.3 Å². The maximum Gasteiger partial charge on any atom is 0.160 e. The molecule has 0 fully saturated rings. The number of thioether (sulfide) groups is 1. The normalized spacial score (nSPS) is 10.2. The summed E-state index contributed by atoms with van der Waals surface area (Å²) >= 11 is 1.71. The van der Waals surface area contributed by atoms with Crippen LogP contribution in [0, 0.1) is 0 Å². The molecule has 0 amide bonds. The number of benzene rings is 2. The third kappa shape index (κ3) is 3.35. The summed E-state index contributed by atoms with van der Waals surface area (Å²) in [4.78, 5) is 1.21. The minimum Gasteiger partial charge on any atom is -0.504 e. The Morgan fingerprint density at radius 3 is 2.68 bits per heavy atom. The summed E-state index contributed by atoms with van der Waals surface area (Å²) in [6.07, 6.45) is 2.06. The van der Waals surface area contributed by atoms with Crippen LogP contribution in [-0.4, -0.2) is 18.5 Å². The van der Waals surface area contributed by atoms with E-state index in [1.54, 1.807) is 31.0 Å². The Hall–Kier alpha value is -1.81. The number of nitrogens with one attached hydrogen (secondary N) is 1. The number of aromatic hydroxyl groups is 1. The van der Waals surface area contributed by atoms with Crippen molar-refractivity contribution in [3.63, 3.8) is 0 Å². The zero-order valence-electron chi connectivity index (χ0n) is 11.0. The molecule has 0 saturated carbocycles. The molecule has 0 aliphatic heterocycles. The van der Waals surface area contributed by atoms with Gasteiger partial charge in [0.25, 0.3) is 0 Å². The Morgan fingerprint density at radius 1 is 1.21 bits per heavy atom. The molecule has 2 N–H and O–H groups in total. The monoisotopic (exact) mass is 275 g/mol. The lowest BCUT2D eigenvalue weighted by Crippen LogP contribution is -2.00. The van der Waals surface area contributed by atoms with Crippen molar-refractivity contribution >= 4 is 17.4 Å². The molecule has 2 aromatic carbocycles. The molecule has 19 heavy (non-hydrogen) atoms. The van der Waals surface area contributed by atoms with Gasteiger partial charge >= 0.3 is 0 Å². The number of phenolic OH excluding ortho intramolecular Hbond substituents is 1. The predicted octanol–water partition coefficient (Wildman–Crippen LogP) is 3.73. The van der Waals surface area contributed by atoms with Gasteiger partial charge in [0.15, 0.2) is 11.5 Å². The molecule has 0 saturated heterocycles. The topological polar surface area (TPSA) is 41.5 Å². The average molecular weight is 275 g/mol. The Labute approximate surface area is 117 Å². The van der Waals surface area contributed by atoms with Gasteiger partial charge in [-0.15, -0.1) is 11.8 Å². The molecule has 100 valence electrons. The number of para-hydroxylation sites is 1. The van der Waals surface area contributed by atoms with Crippen LogP contribution in [0.15, 0.2) is 47.4 Å². The first-order valence-electron chi connectivity index (χ1n) is 5.97. The Kier molecular flexibility index (Phi) is 4.58. The van der Waals surface area contributed by atoms with Crippen molar-refractivity contribution in [2.24, 2.45) is 0 Å². The van der Waals surface area contributed by atoms with Gasteiger partial charge in [0.1, 0.15) is 0 Å². The summed E-state index contributed by atoms with van der Waals surface area (Å²) in [6.45, 7) is 0.662. The van der Waals surface area contributed by atoms with Gasteiger partial charge in [-0.1, -0.05) is 18.2 Å². The van der Waals surface area contributed by atoms with Crippen LogP contribution in [0.1, 0.15) is 5.56 Å². The number of hydrogen-bond donors (Lipinski definition) is 2. The molecule has 0 spiro atoms. The van der Waals surface area contributed by atoms with Crippen LogP contribution in [-0.2, 0) is 6.54 Å². The highest BCUT2D eigenvalue weighted by molar-refractivity contribution is 7.98. The number of ether oxygens (including phenoxy) is 1. The lowest BCUT2D eigenvalue weighted by Gasteiger charge is -2.11. The molecule has 3 nitrogen and oxygen atoms in total. The van der Waals surface area contributed by atoms with Gasteiger partial charge in [0.05, 0.1) is 7.11 Å². The van der Waals surface area contributed by atoms with Crippen molar-refractivity contribution in [1.29, 1.82) is 0 Å². The van der Waals surface area contributed by atoms with E-state index < -0.39 is 0 Å². The largest absolute Gasteiger partial charge is 0.504 e. The van der Waals surface area contributed by atoms with Crippen LogP contribution in [0.4, 0.5) is 5.69 Å². The summed E-state index contributed by atoms with van der Waals surface area (Å²) in [5.74, 6) is 0.660. The van der Waals surface area contributed by atoms with Gasteiger partial charge in [-0.2, -0.15) is 0 Å². The first kappa shape index (κ1) is 13.6. The molecule has 0 aliphatic rings. The molecule has 0 unspecified atom stereocenters. The van der Waals surface area contributed by atoms with Crippen molar-refractivity contribution < 1.29 is 9.84 Å². The Morgan fingerprint density at radius 2 is 2.00 bits per heavy atom. The van der Waals surface area contributed by atoms with Crippen LogP contribution >= 0.6 is 11.8 Å². The molecule has 0 atom stereocenters. The molecular formula is C15H17NO2S.